The summed E-state index contributed by atoms with van der Waals surface area (Å²) in [5.41, 5.74) is 11.8. The normalized spacial score (nSPS) is 11.4. The first kappa shape index (κ1) is 49.7. The van der Waals surface area contributed by atoms with E-state index in [9.17, 15) is 8.78 Å². The van der Waals surface area contributed by atoms with Crippen LogP contribution in [0, 0.1) is 25.7 Å². The lowest BCUT2D eigenvalue weighted by molar-refractivity contribution is 0.414. The molecule has 7 heterocycles. The number of methoxy groups -OCH3 is 2. The van der Waals surface area contributed by atoms with Gasteiger partial charge in [-0.25, -0.2) is 19.9 Å². The Labute approximate surface area is 413 Å². The van der Waals surface area contributed by atoms with Crippen LogP contribution in [-0.4, -0.2) is 63.5 Å². The minimum absolute atomic E-state index is 0.107. The molecule has 0 aliphatic heterocycles. The molecule has 0 bridgehead atoms. The molecule has 368 valence electrons. The molecule has 0 atom stereocenters. The average molecular weight is 961 g/mol. The van der Waals surface area contributed by atoms with Gasteiger partial charge in [-0.3, -0.25) is 14.0 Å². The van der Waals surface area contributed by atoms with Crippen molar-refractivity contribution in [3.05, 3.63) is 150 Å². The highest BCUT2D eigenvalue weighted by Gasteiger charge is 2.24. The van der Waals surface area contributed by atoms with Gasteiger partial charge in [0, 0.05) is 50.3 Å². The molecule has 0 aliphatic rings. The molecule has 9 rings (SSSR count). The number of hydrogen-bond donors (Lipinski definition) is 1. The van der Waals surface area contributed by atoms with Crippen LogP contribution in [0.5, 0.6) is 11.5 Å². The van der Waals surface area contributed by atoms with E-state index < -0.39 is 11.9 Å². The molecule has 71 heavy (non-hydrogen) atoms. The van der Waals surface area contributed by atoms with Crippen LogP contribution in [0.2, 0.25) is 0 Å². The number of aromatic nitrogens is 10. The standard InChI is InChI=1S/C32H38FN7O.C23H24FN5O/c1-6-7-8-18-39-25(15-17-35-39)21-38(20-24-11-13-26(41-5)14-12-24)29-19-28(27-10-9-16-34-32(27)33)36-30-23(4)37-40(22(2)3)31(29)30;1-14(2)29-22-20(26-13-16-7-9-17(30-4)10-8-16)12-19(27-21(22)15(3)28-29)18-6-5-11-25-23(18)24/h9-17,19,22H,6-8,18,20-21H2,1-5H3;5-12,14H,13H2,1-4H3,(H,26,27). The summed E-state index contributed by atoms with van der Waals surface area (Å²) in [6.07, 6.45) is 8.15. The van der Waals surface area contributed by atoms with Gasteiger partial charge in [-0.05, 0) is 126 Å². The van der Waals surface area contributed by atoms with Crippen LogP contribution in [0.25, 0.3) is 44.6 Å². The van der Waals surface area contributed by atoms with E-state index >= 15 is 0 Å². The fourth-order valence-electron chi connectivity index (χ4n) is 8.62. The molecule has 0 saturated heterocycles. The summed E-state index contributed by atoms with van der Waals surface area (Å²) in [5.74, 6) is 0.533. The second-order valence-corrected chi connectivity index (χ2v) is 18.1. The number of nitrogens with zero attached hydrogens (tertiary/aromatic N) is 11. The van der Waals surface area contributed by atoms with Gasteiger partial charge in [0.05, 0.1) is 71.7 Å². The Hall–Kier alpha value is -7.75. The lowest BCUT2D eigenvalue weighted by atomic mass is 10.1. The first-order chi connectivity index (χ1) is 34.4. The van der Waals surface area contributed by atoms with Crippen LogP contribution in [0.1, 0.15) is 94.2 Å². The second kappa shape index (κ2) is 22.3. The molecule has 9 aromatic rings. The molecule has 0 saturated carbocycles. The third-order valence-electron chi connectivity index (χ3n) is 12.3. The maximum absolute atomic E-state index is 15.0. The first-order valence-corrected chi connectivity index (χ1v) is 24.1. The van der Waals surface area contributed by atoms with Gasteiger partial charge in [0.1, 0.15) is 33.6 Å². The van der Waals surface area contributed by atoms with Gasteiger partial charge in [0.15, 0.2) is 0 Å². The molecule has 7 aromatic heterocycles. The van der Waals surface area contributed by atoms with Gasteiger partial charge in [0.2, 0.25) is 11.9 Å². The maximum Gasteiger partial charge on any atom is 0.222 e. The summed E-state index contributed by atoms with van der Waals surface area (Å²) >= 11 is 0. The number of halogens is 2. The first-order valence-electron chi connectivity index (χ1n) is 24.1. The molecule has 16 heteroatoms. The number of anilines is 2. The predicted octanol–water partition coefficient (Wildman–Crippen LogP) is 12.3. The highest BCUT2D eigenvalue weighted by molar-refractivity contribution is 5.94. The van der Waals surface area contributed by atoms with Crippen molar-refractivity contribution < 1.29 is 18.3 Å². The Morgan fingerprint density at radius 3 is 1.75 bits per heavy atom. The average Bonchev–Trinajstić information content (AvgIpc) is 4.08. The zero-order chi connectivity index (χ0) is 50.2. The summed E-state index contributed by atoms with van der Waals surface area (Å²) in [5, 5.41) is 17.7. The zero-order valence-electron chi connectivity index (χ0n) is 42.0. The van der Waals surface area contributed by atoms with Gasteiger partial charge in [-0.1, -0.05) is 44.0 Å². The van der Waals surface area contributed by atoms with Crippen molar-refractivity contribution in [2.45, 2.75) is 106 Å². The van der Waals surface area contributed by atoms with Crippen LogP contribution in [0.15, 0.2) is 110 Å². The monoisotopic (exact) mass is 961 g/mol. The van der Waals surface area contributed by atoms with Gasteiger partial charge >= 0.3 is 0 Å². The Balaban J connectivity index is 0.000000200. The van der Waals surface area contributed by atoms with Gasteiger partial charge < -0.3 is 19.7 Å². The fourth-order valence-corrected chi connectivity index (χ4v) is 8.62. The number of pyridine rings is 4. The zero-order valence-corrected chi connectivity index (χ0v) is 42.0. The van der Waals surface area contributed by atoms with Crippen LogP contribution in [0.4, 0.5) is 20.2 Å². The van der Waals surface area contributed by atoms with E-state index in [1.165, 1.54) is 12.4 Å². The van der Waals surface area contributed by atoms with Crippen molar-refractivity contribution in [2.24, 2.45) is 0 Å². The smallest absolute Gasteiger partial charge is 0.222 e. The predicted molar refractivity (Wildman–Crippen MR) is 277 cm³/mol. The van der Waals surface area contributed by atoms with E-state index in [1.54, 1.807) is 38.5 Å². The molecule has 0 unspecified atom stereocenters. The van der Waals surface area contributed by atoms with Crippen molar-refractivity contribution in [2.75, 3.05) is 24.4 Å². The quantitative estimate of drug-likeness (QED) is 0.0649. The van der Waals surface area contributed by atoms with E-state index in [0.717, 1.165) is 99.0 Å². The van der Waals surface area contributed by atoms with Crippen molar-refractivity contribution in [1.29, 1.82) is 0 Å². The molecule has 14 nitrogen and oxygen atoms in total. The number of benzene rings is 2. The molecule has 2 aromatic carbocycles. The number of aryl methyl sites for hydroxylation is 3. The van der Waals surface area contributed by atoms with E-state index in [-0.39, 0.29) is 12.1 Å². The Morgan fingerprint density at radius 1 is 0.648 bits per heavy atom. The van der Waals surface area contributed by atoms with Crippen LogP contribution >= 0.6 is 0 Å². The molecule has 1 N–H and O–H groups in total. The minimum Gasteiger partial charge on any atom is -0.497 e. The lowest BCUT2D eigenvalue weighted by Gasteiger charge is -2.27. The number of ether oxygens (including phenoxy) is 2. The number of unbranched alkanes of at least 4 members (excludes halogenated alkanes) is 2. The highest BCUT2D eigenvalue weighted by Crippen LogP contribution is 2.37. The third-order valence-corrected chi connectivity index (χ3v) is 12.3. The second-order valence-electron chi connectivity index (χ2n) is 18.1. The van der Waals surface area contributed by atoms with E-state index in [1.807, 2.05) is 77.9 Å². The molecule has 0 aliphatic carbocycles. The van der Waals surface area contributed by atoms with Crippen LogP contribution in [-0.2, 0) is 26.2 Å². The summed E-state index contributed by atoms with van der Waals surface area (Å²) in [6, 6.07) is 29.0. The SMILES string of the molecule is CCCCCn1nccc1CN(Cc1ccc(OC)cc1)c1cc(-c2cccnc2F)nc2c(C)nn(C(C)C)c12.COc1ccc(CNc2cc(-c3cccnc3F)nc3c(C)nn(C(C)C)c23)cc1. The number of nitrogens with one attached hydrogen (secondary N) is 1. The third kappa shape index (κ3) is 11.2. The molecular weight excluding hydrogens is 899 g/mol. The van der Waals surface area contributed by atoms with Gasteiger partial charge in [-0.2, -0.15) is 24.1 Å². The topological polar surface area (TPSA) is 139 Å². The van der Waals surface area contributed by atoms with E-state index in [0.29, 0.717) is 42.1 Å². The number of fused-ring (bicyclic) bond motifs is 2. The van der Waals surface area contributed by atoms with Crippen LogP contribution in [0.3, 0.4) is 0 Å². The molecule has 0 spiro atoms. The minimum atomic E-state index is -0.546. The van der Waals surface area contributed by atoms with E-state index in [4.69, 9.17) is 24.5 Å². The maximum atomic E-state index is 15.0. The molecule has 0 radical (unpaired) electrons. The van der Waals surface area contributed by atoms with Crippen molar-refractivity contribution >= 4 is 33.4 Å². The van der Waals surface area contributed by atoms with Gasteiger partial charge in [0.25, 0.3) is 0 Å². The Morgan fingerprint density at radius 2 is 1.20 bits per heavy atom. The fraction of sp³-hybridized carbons (Fsp3) is 0.327. The summed E-state index contributed by atoms with van der Waals surface area (Å²) in [7, 11) is 3.32. The van der Waals surface area contributed by atoms with Crippen molar-refractivity contribution in [1.82, 2.24) is 49.3 Å². The number of rotatable bonds is 18. The lowest BCUT2D eigenvalue weighted by Crippen LogP contribution is -2.25. The van der Waals surface area contributed by atoms with E-state index in [2.05, 4.69) is 87.9 Å². The highest BCUT2D eigenvalue weighted by atomic mass is 19.1. The largest absolute Gasteiger partial charge is 0.497 e. The Bertz CT molecular complexity index is 3220. The van der Waals surface area contributed by atoms with Crippen LogP contribution < -0.4 is 19.7 Å². The van der Waals surface area contributed by atoms with Crippen molar-refractivity contribution in [3.8, 4) is 34.0 Å². The summed E-state index contributed by atoms with van der Waals surface area (Å²) < 4.78 is 46.0. The summed E-state index contributed by atoms with van der Waals surface area (Å²) in [4.78, 5) is 19.6. The number of hydrogen-bond acceptors (Lipinski definition) is 11. The van der Waals surface area contributed by atoms with Gasteiger partial charge in [-0.15, -0.1) is 0 Å². The molecular formula is C55H62F2N12O2. The summed E-state index contributed by atoms with van der Waals surface area (Å²) in [6.45, 7) is 17.1. The molecule has 0 amide bonds. The Kier molecular flexibility index (Phi) is 15.6. The molecule has 0 fully saturated rings. The van der Waals surface area contributed by atoms with Crippen molar-refractivity contribution in [3.63, 3.8) is 0 Å².